The van der Waals surface area contributed by atoms with E-state index >= 15 is 0 Å². The lowest BCUT2D eigenvalue weighted by molar-refractivity contribution is 0.635. The van der Waals surface area contributed by atoms with Gasteiger partial charge in [0, 0.05) is 36.8 Å². The van der Waals surface area contributed by atoms with E-state index in [9.17, 15) is 5.26 Å². The number of aromatic nitrogens is 6. The molecule has 0 saturated carbocycles. The summed E-state index contributed by atoms with van der Waals surface area (Å²) >= 11 is 0. The van der Waals surface area contributed by atoms with E-state index in [2.05, 4.69) is 129 Å². The van der Waals surface area contributed by atoms with E-state index in [1.54, 1.807) is 6.20 Å². The molecule has 0 aliphatic heterocycles. The molecule has 7 nitrogen and oxygen atoms in total. The van der Waals surface area contributed by atoms with Gasteiger partial charge in [0.1, 0.15) is 6.07 Å². The third-order valence-corrected chi connectivity index (χ3v) is 8.92. The fourth-order valence-electron chi connectivity index (χ4n) is 6.53. The molecule has 7 heteroatoms. The molecule has 7 aromatic rings. The minimum Gasteiger partial charge on any atom is -0.236 e. The molecular weight excluding hydrogens is 627 g/mol. The quantitative estimate of drug-likeness (QED) is 0.143. The number of fused-ring (bicyclic) bond motifs is 1. The number of hydrogen-bond donors (Lipinski definition) is 0. The maximum absolute atomic E-state index is 9.26. The van der Waals surface area contributed by atoms with Crippen LogP contribution in [0.3, 0.4) is 0 Å². The highest BCUT2D eigenvalue weighted by molar-refractivity contribution is 5.86. The molecule has 0 aliphatic carbocycles. The molecule has 7 rings (SSSR count). The second-order valence-corrected chi connectivity index (χ2v) is 13.8. The average molecular weight is 666 g/mol. The van der Waals surface area contributed by atoms with Crippen LogP contribution in [0.4, 0.5) is 0 Å². The topological polar surface area (TPSA) is 101 Å². The predicted octanol–water partition coefficient (Wildman–Crippen LogP) is 9.74. The zero-order valence-electron chi connectivity index (χ0n) is 29.4. The largest absolute Gasteiger partial charge is 0.236 e. The Bertz CT molecular complexity index is 2350. The molecule has 0 amide bonds. The maximum Gasteiger partial charge on any atom is 0.162 e. The maximum atomic E-state index is 9.26. The number of nitrogens with zero attached hydrogens (tertiary/aromatic N) is 7. The van der Waals surface area contributed by atoms with E-state index in [1.807, 2.05) is 12.3 Å². The first-order chi connectivity index (χ1) is 24.9. The Labute approximate surface area is 299 Å². The van der Waals surface area contributed by atoms with Gasteiger partial charge in [-0.2, -0.15) is 5.26 Å². The van der Waals surface area contributed by atoms with Crippen molar-refractivity contribution in [2.75, 3.05) is 0 Å². The van der Waals surface area contributed by atoms with Gasteiger partial charge in [-0.05, 0) is 57.7 Å². The highest BCUT2D eigenvalue weighted by atomic mass is 14.9. The summed E-state index contributed by atoms with van der Waals surface area (Å²) in [5.41, 5.74) is 9.44. The second-order valence-electron chi connectivity index (χ2n) is 13.8. The Hall–Kier alpha value is -6.13. The highest BCUT2D eigenvalue weighted by Crippen LogP contribution is 2.33. The Morgan fingerprint density at radius 2 is 1.18 bits per heavy atom. The van der Waals surface area contributed by atoms with E-state index in [1.165, 1.54) is 45.4 Å². The molecule has 3 heterocycles. The summed E-state index contributed by atoms with van der Waals surface area (Å²) in [5, 5.41) is 11.6. The first-order valence-electron chi connectivity index (χ1n) is 17.5. The summed E-state index contributed by atoms with van der Waals surface area (Å²) < 4.78 is 0. The summed E-state index contributed by atoms with van der Waals surface area (Å²) in [4.78, 5) is 29.3. The molecule has 51 heavy (non-hydrogen) atoms. The second kappa shape index (κ2) is 14.8. The summed E-state index contributed by atoms with van der Waals surface area (Å²) in [7, 11) is 0. The molecular formula is C44H39N7. The highest BCUT2D eigenvalue weighted by Gasteiger charge is 2.20. The van der Waals surface area contributed by atoms with Crippen LogP contribution in [0.25, 0.3) is 56.1 Å². The van der Waals surface area contributed by atoms with E-state index in [4.69, 9.17) is 19.9 Å². The van der Waals surface area contributed by atoms with Gasteiger partial charge in [0.25, 0.3) is 0 Å². The van der Waals surface area contributed by atoms with Gasteiger partial charge >= 0.3 is 0 Å². The minimum absolute atomic E-state index is 0.330. The fourth-order valence-corrected chi connectivity index (χ4v) is 6.53. The van der Waals surface area contributed by atoms with Crippen molar-refractivity contribution in [2.24, 2.45) is 11.8 Å². The summed E-state index contributed by atoms with van der Waals surface area (Å²) in [6, 6.07) is 34.1. The Kier molecular flexibility index (Phi) is 9.67. The predicted molar refractivity (Wildman–Crippen MR) is 204 cm³/mol. The van der Waals surface area contributed by atoms with Crippen molar-refractivity contribution in [1.82, 2.24) is 29.9 Å². The lowest BCUT2D eigenvalue weighted by atomic mass is 9.93. The van der Waals surface area contributed by atoms with Crippen LogP contribution in [-0.2, 0) is 19.3 Å². The van der Waals surface area contributed by atoms with Gasteiger partial charge in [-0.3, -0.25) is 0 Å². The van der Waals surface area contributed by atoms with E-state index in [0.717, 1.165) is 34.5 Å². The number of hydrogen-bond acceptors (Lipinski definition) is 7. The smallest absolute Gasteiger partial charge is 0.162 e. The average Bonchev–Trinajstić information content (AvgIpc) is 3.15. The van der Waals surface area contributed by atoms with Crippen molar-refractivity contribution in [3.63, 3.8) is 0 Å². The lowest BCUT2D eigenvalue weighted by Gasteiger charge is -2.16. The lowest BCUT2D eigenvalue weighted by Crippen LogP contribution is -2.08. The molecule has 0 bridgehead atoms. The third-order valence-electron chi connectivity index (χ3n) is 8.92. The van der Waals surface area contributed by atoms with Crippen LogP contribution < -0.4 is 0 Å². The molecule has 0 aliphatic rings. The van der Waals surface area contributed by atoms with Crippen molar-refractivity contribution >= 4 is 10.8 Å². The molecule has 4 aromatic carbocycles. The van der Waals surface area contributed by atoms with Crippen LogP contribution in [0.5, 0.6) is 0 Å². The van der Waals surface area contributed by atoms with Crippen molar-refractivity contribution in [3.8, 4) is 51.4 Å². The van der Waals surface area contributed by atoms with Crippen LogP contribution in [0.15, 0.2) is 116 Å². The van der Waals surface area contributed by atoms with Gasteiger partial charge in [0.15, 0.2) is 17.5 Å². The molecule has 0 saturated heterocycles. The van der Waals surface area contributed by atoms with Gasteiger partial charge in [0.05, 0.1) is 28.1 Å². The summed E-state index contributed by atoms with van der Waals surface area (Å²) in [6.45, 7) is 8.81. The summed E-state index contributed by atoms with van der Waals surface area (Å²) in [5.74, 6) is 2.53. The molecule has 0 unspecified atom stereocenters. The molecule has 0 radical (unpaired) electrons. The molecule has 250 valence electrons. The molecule has 3 aromatic heterocycles. The van der Waals surface area contributed by atoms with E-state index in [0.29, 0.717) is 47.7 Å². The van der Waals surface area contributed by atoms with Crippen LogP contribution in [0, 0.1) is 23.2 Å². The van der Waals surface area contributed by atoms with Crippen LogP contribution in [-0.4, -0.2) is 29.9 Å². The van der Waals surface area contributed by atoms with Crippen molar-refractivity contribution < 1.29 is 0 Å². The van der Waals surface area contributed by atoms with Crippen molar-refractivity contribution in [2.45, 2.75) is 47.0 Å². The van der Waals surface area contributed by atoms with Crippen LogP contribution >= 0.6 is 0 Å². The Morgan fingerprint density at radius 3 is 1.90 bits per heavy atom. The monoisotopic (exact) mass is 665 g/mol. The van der Waals surface area contributed by atoms with E-state index < -0.39 is 0 Å². The number of benzene rings is 4. The normalized spacial score (nSPS) is 11.3. The number of rotatable bonds is 10. The van der Waals surface area contributed by atoms with Gasteiger partial charge in [-0.1, -0.05) is 119 Å². The third kappa shape index (κ3) is 7.41. The van der Waals surface area contributed by atoms with E-state index in [-0.39, 0.29) is 0 Å². The van der Waals surface area contributed by atoms with Crippen molar-refractivity contribution in [1.29, 1.82) is 5.26 Å². The van der Waals surface area contributed by atoms with Gasteiger partial charge in [-0.25, -0.2) is 29.9 Å². The zero-order chi connectivity index (χ0) is 35.3. The number of nitriles is 1. The fraction of sp³-hybridized carbons (Fsp3) is 0.205. The first kappa shape index (κ1) is 33.4. The summed E-state index contributed by atoms with van der Waals surface area (Å²) in [6.07, 6.45) is 8.93. The molecule has 0 spiro atoms. The molecule has 0 N–H and O–H groups in total. The zero-order valence-corrected chi connectivity index (χ0v) is 29.4. The Morgan fingerprint density at radius 1 is 0.549 bits per heavy atom. The van der Waals surface area contributed by atoms with Gasteiger partial charge in [0.2, 0.25) is 0 Å². The van der Waals surface area contributed by atoms with Crippen LogP contribution in [0.1, 0.15) is 55.8 Å². The first-order valence-corrected chi connectivity index (χ1v) is 17.5. The van der Waals surface area contributed by atoms with Crippen molar-refractivity contribution in [3.05, 3.63) is 144 Å². The van der Waals surface area contributed by atoms with Gasteiger partial charge < -0.3 is 0 Å². The minimum atomic E-state index is 0.330. The molecule has 0 atom stereocenters. The van der Waals surface area contributed by atoms with Gasteiger partial charge in [-0.15, -0.1) is 0 Å². The van der Waals surface area contributed by atoms with Crippen LogP contribution in [0.2, 0.25) is 0 Å². The molecule has 0 fully saturated rings. The SMILES string of the molecule is CC(C)Cc1cc(-c2ccccc2)ccc1-c1ncc(-c2ncc(-c3ncc(C#N)cn3)c(CC(C)C)n2)c(Cc2cccc3ccccc23)n1. The standard InChI is InChI=1S/C44H39N7/c1-28(2)19-35-21-33(31-11-6-5-7-12-31)17-18-37(35)43-48-27-39(41(51-43)22-34-15-10-14-32-13-8-9-16-36(32)34)44-49-26-38(40(50-44)20-29(3)4)42-46-24-30(23-45)25-47-42/h5-18,21,24-29H,19-20,22H2,1-4H3. The Balaban J connectivity index is 1.38.